The first-order chi connectivity index (χ1) is 9.97. The second-order valence-electron chi connectivity index (χ2n) is 3.86. The third-order valence-corrected chi connectivity index (χ3v) is 3.62. The number of aliphatic carboxylic acids is 1. The van der Waals surface area contributed by atoms with E-state index in [-0.39, 0.29) is 10.6 Å². The molecule has 2 heterocycles. The second-order valence-corrected chi connectivity index (χ2v) is 5.54. The molecule has 0 radical (unpaired) electrons. The van der Waals surface area contributed by atoms with Crippen LogP contribution in [0.1, 0.15) is 5.56 Å². The maximum Gasteiger partial charge on any atom is 0.328 e. The van der Waals surface area contributed by atoms with Gasteiger partial charge in [-0.1, -0.05) is 0 Å². The first-order valence-electron chi connectivity index (χ1n) is 5.61. The first-order valence-corrected chi connectivity index (χ1v) is 7.09. The highest BCUT2D eigenvalue weighted by Gasteiger charge is 2.15. The molecule has 2 N–H and O–H groups in total. The summed E-state index contributed by atoms with van der Waals surface area (Å²) in [5.74, 6) is -1.14. The Kier molecular flexibility index (Phi) is 4.24. The minimum Gasteiger partial charge on any atom is -0.478 e. The van der Waals surface area contributed by atoms with Crippen molar-refractivity contribution in [3.05, 3.63) is 48.8 Å². The number of sulfonamides is 1. The molecule has 8 nitrogen and oxygen atoms in total. The zero-order chi connectivity index (χ0) is 15.3. The average molecular weight is 306 g/mol. The third-order valence-electron chi connectivity index (χ3n) is 2.28. The van der Waals surface area contributed by atoms with Crippen LogP contribution in [-0.2, 0) is 14.8 Å². The van der Waals surface area contributed by atoms with Crippen LogP contribution in [0.4, 0.5) is 5.69 Å². The van der Waals surface area contributed by atoms with Gasteiger partial charge < -0.3 is 5.11 Å². The van der Waals surface area contributed by atoms with E-state index in [9.17, 15) is 13.2 Å². The molecule has 2 aromatic rings. The van der Waals surface area contributed by atoms with Crippen LogP contribution >= 0.6 is 0 Å². The van der Waals surface area contributed by atoms with Crippen molar-refractivity contribution in [2.75, 3.05) is 4.72 Å². The van der Waals surface area contributed by atoms with Crippen LogP contribution in [-0.4, -0.2) is 34.4 Å². The van der Waals surface area contributed by atoms with Crippen molar-refractivity contribution in [1.29, 1.82) is 0 Å². The lowest BCUT2D eigenvalue weighted by molar-refractivity contribution is -0.131. The van der Waals surface area contributed by atoms with E-state index >= 15 is 0 Å². The van der Waals surface area contributed by atoms with Crippen molar-refractivity contribution in [3.8, 4) is 0 Å². The normalized spacial score (nSPS) is 11.4. The second kappa shape index (κ2) is 6.09. The summed E-state index contributed by atoms with van der Waals surface area (Å²) in [7, 11) is -3.85. The molecule has 0 aliphatic carbocycles. The van der Waals surface area contributed by atoms with Crippen LogP contribution in [0.3, 0.4) is 0 Å². The van der Waals surface area contributed by atoms with Crippen LogP contribution in [0, 0.1) is 0 Å². The Hall–Kier alpha value is -2.81. The number of pyridine rings is 1. The van der Waals surface area contributed by atoms with Crippen molar-refractivity contribution in [2.45, 2.75) is 4.90 Å². The highest BCUT2D eigenvalue weighted by molar-refractivity contribution is 7.92. The average Bonchev–Trinajstić information content (AvgIpc) is 2.46. The molecule has 0 bridgehead atoms. The third kappa shape index (κ3) is 4.08. The zero-order valence-corrected chi connectivity index (χ0v) is 11.4. The Bertz CT molecular complexity index is 775. The van der Waals surface area contributed by atoms with Gasteiger partial charge in [0.15, 0.2) is 0 Å². The fourth-order valence-corrected chi connectivity index (χ4v) is 2.43. The predicted octanol–water partition coefficient (Wildman–Crippen LogP) is 0.770. The van der Waals surface area contributed by atoms with Gasteiger partial charge in [0.05, 0.1) is 18.1 Å². The molecular formula is C12H10N4O4S. The summed E-state index contributed by atoms with van der Waals surface area (Å²) >= 11 is 0. The van der Waals surface area contributed by atoms with Gasteiger partial charge in [-0.15, -0.1) is 0 Å². The number of nitrogens with one attached hydrogen (secondary N) is 1. The van der Waals surface area contributed by atoms with Gasteiger partial charge in [0.1, 0.15) is 11.2 Å². The van der Waals surface area contributed by atoms with E-state index in [0.29, 0.717) is 5.56 Å². The molecule has 21 heavy (non-hydrogen) atoms. The maximum atomic E-state index is 12.1. The van der Waals surface area contributed by atoms with E-state index in [0.717, 1.165) is 12.3 Å². The first kappa shape index (κ1) is 14.6. The number of anilines is 1. The largest absolute Gasteiger partial charge is 0.478 e. The van der Waals surface area contributed by atoms with Crippen molar-refractivity contribution in [2.24, 2.45) is 0 Å². The lowest BCUT2D eigenvalue weighted by Gasteiger charge is -2.07. The number of carbonyl (C=O) groups is 1. The van der Waals surface area contributed by atoms with E-state index in [1.807, 2.05) is 0 Å². The number of carboxylic acids is 1. The van der Waals surface area contributed by atoms with Crippen LogP contribution in [0.25, 0.3) is 6.08 Å². The zero-order valence-electron chi connectivity index (χ0n) is 10.5. The van der Waals surface area contributed by atoms with Gasteiger partial charge in [-0.25, -0.2) is 23.2 Å². The summed E-state index contributed by atoms with van der Waals surface area (Å²) in [5, 5.41) is 8.55. The van der Waals surface area contributed by atoms with E-state index in [1.165, 1.54) is 37.1 Å². The smallest absolute Gasteiger partial charge is 0.328 e. The van der Waals surface area contributed by atoms with Crippen LogP contribution in [0.15, 0.2) is 48.2 Å². The molecule has 2 rings (SSSR count). The van der Waals surface area contributed by atoms with Gasteiger partial charge in [0, 0.05) is 18.5 Å². The van der Waals surface area contributed by atoms with Gasteiger partial charge >= 0.3 is 5.97 Å². The predicted molar refractivity (Wildman–Crippen MR) is 73.7 cm³/mol. The van der Waals surface area contributed by atoms with Gasteiger partial charge in [0.25, 0.3) is 10.0 Å². The highest BCUT2D eigenvalue weighted by atomic mass is 32.2. The van der Waals surface area contributed by atoms with E-state index < -0.39 is 16.0 Å². The molecule has 0 aliphatic rings. The topological polar surface area (TPSA) is 122 Å². The molecule has 0 unspecified atom stereocenters. The van der Waals surface area contributed by atoms with Crippen molar-refractivity contribution in [1.82, 2.24) is 15.0 Å². The van der Waals surface area contributed by atoms with Gasteiger partial charge in [-0.3, -0.25) is 9.71 Å². The molecule has 0 aromatic carbocycles. The number of nitrogens with zero attached hydrogens (tertiary/aromatic N) is 3. The Morgan fingerprint density at radius 1 is 1.14 bits per heavy atom. The molecule has 0 fully saturated rings. The summed E-state index contributed by atoms with van der Waals surface area (Å²) in [6.07, 6.45) is 8.55. The highest BCUT2D eigenvalue weighted by Crippen LogP contribution is 2.15. The monoisotopic (exact) mass is 306 g/mol. The Morgan fingerprint density at radius 3 is 2.52 bits per heavy atom. The molecule has 0 saturated heterocycles. The lowest BCUT2D eigenvalue weighted by atomic mass is 10.2. The molecule has 108 valence electrons. The Labute approximate surface area is 120 Å². The number of hydrogen-bond donors (Lipinski definition) is 2. The van der Waals surface area contributed by atoms with Crippen LogP contribution in [0.2, 0.25) is 0 Å². The molecular weight excluding hydrogens is 296 g/mol. The van der Waals surface area contributed by atoms with Crippen LogP contribution < -0.4 is 4.72 Å². The Balaban J connectivity index is 2.28. The lowest BCUT2D eigenvalue weighted by Crippen LogP contribution is -2.13. The molecule has 9 heteroatoms. The molecule has 0 aliphatic heterocycles. The molecule has 2 aromatic heterocycles. The summed E-state index contributed by atoms with van der Waals surface area (Å²) < 4.78 is 26.6. The van der Waals surface area contributed by atoms with Crippen molar-refractivity contribution in [3.63, 3.8) is 0 Å². The molecule has 0 atom stereocenters. The Morgan fingerprint density at radius 2 is 1.86 bits per heavy atom. The quantitative estimate of drug-likeness (QED) is 0.782. The van der Waals surface area contributed by atoms with Gasteiger partial charge in [0.2, 0.25) is 0 Å². The van der Waals surface area contributed by atoms with Crippen LogP contribution in [0.5, 0.6) is 0 Å². The fraction of sp³-hybridized carbons (Fsp3) is 0. The van der Waals surface area contributed by atoms with Gasteiger partial charge in [-0.2, -0.15) is 0 Å². The number of rotatable bonds is 5. The van der Waals surface area contributed by atoms with Crippen molar-refractivity contribution >= 4 is 27.8 Å². The maximum absolute atomic E-state index is 12.1. The summed E-state index contributed by atoms with van der Waals surface area (Å²) in [5.41, 5.74) is 0.563. The summed E-state index contributed by atoms with van der Waals surface area (Å²) in [6.45, 7) is 0. The summed E-state index contributed by atoms with van der Waals surface area (Å²) in [4.78, 5) is 21.5. The summed E-state index contributed by atoms with van der Waals surface area (Å²) in [6, 6.07) is 1.30. The molecule has 0 saturated carbocycles. The minimum atomic E-state index is -3.85. The fourth-order valence-electron chi connectivity index (χ4n) is 1.41. The van der Waals surface area contributed by atoms with Crippen molar-refractivity contribution < 1.29 is 18.3 Å². The molecule has 0 amide bonds. The SMILES string of the molecule is O=C(O)/C=C/c1cncc(S(=O)(=O)Nc2cncnc2)c1. The van der Waals surface area contributed by atoms with E-state index in [4.69, 9.17) is 5.11 Å². The van der Waals surface area contributed by atoms with E-state index in [1.54, 1.807) is 0 Å². The minimum absolute atomic E-state index is 0.0982. The molecule has 0 spiro atoms. The number of hydrogen-bond acceptors (Lipinski definition) is 6. The number of carboxylic acid groups (broad SMARTS) is 1. The van der Waals surface area contributed by atoms with E-state index in [2.05, 4.69) is 19.7 Å². The standard InChI is InChI=1S/C12H10N4O4S/c17-12(18)2-1-9-3-11(7-13-4-9)21(19,20)16-10-5-14-8-15-6-10/h1-8,16H,(H,17,18)/b2-1+. The number of aromatic nitrogens is 3. The van der Waals surface area contributed by atoms with Gasteiger partial charge in [-0.05, 0) is 17.7 Å².